The van der Waals surface area contributed by atoms with Gasteiger partial charge in [-0.05, 0) is 30.2 Å². The molecule has 19 heavy (non-hydrogen) atoms. The number of nitrogens with zero attached hydrogens (tertiary/aromatic N) is 3. The number of halogens is 1. The molecule has 1 fully saturated rings. The predicted molar refractivity (Wildman–Crippen MR) is 76.8 cm³/mol. The third-order valence-electron chi connectivity index (χ3n) is 3.45. The van der Waals surface area contributed by atoms with Crippen LogP contribution in [0.5, 0.6) is 0 Å². The van der Waals surface area contributed by atoms with Crippen molar-refractivity contribution in [2.24, 2.45) is 0 Å². The first-order valence-corrected chi connectivity index (χ1v) is 6.94. The normalized spacial score (nSPS) is 19.9. The van der Waals surface area contributed by atoms with Gasteiger partial charge in [0.15, 0.2) is 0 Å². The number of anilines is 1. The standard InChI is InChI=1S/C14H16ClN3O/c1-2-10-9-18(7-8-19-10)13-11-5-3-4-6-12(11)16-14(15)17-13/h3-6,10H,2,7-9H2,1H3. The maximum atomic E-state index is 6.03. The minimum absolute atomic E-state index is 0.265. The lowest BCUT2D eigenvalue weighted by Crippen LogP contribution is -2.42. The summed E-state index contributed by atoms with van der Waals surface area (Å²) in [5.74, 6) is 0.914. The molecule has 1 unspecified atom stereocenters. The molecule has 0 spiro atoms. The SMILES string of the molecule is CCC1CN(c2nc(Cl)nc3ccccc23)CCO1. The van der Waals surface area contributed by atoms with Crippen LogP contribution in [0, 0.1) is 0 Å². The number of benzene rings is 1. The van der Waals surface area contributed by atoms with Crippen LogP contribution in [0.2, 0.25) is 5.28 Å². The first-order valence-electron chi connectivity index (χ1n) is 6.56. The van der Waals surface area contributed by atoms with E-state index in [9.17, 15) is 0 Å². The smallest absolute Gasteiger partial charge is 0.224 e. The minimum atomic E-state index is 0.265. The Bertz CT molecular complexity index is 590. The Labute approximate surface area is 117 Å². The molecular formula is C14H16ClN3O. The van der Waals surface area contributed by atoms with Crippen LogP contribution in [-0.2, 0) is 4.74 Å². The van der Waals surface area contributed by atoms with Gasteiger partial charge in [0.05, 0.1) is 18.2 Å². The van der Waals surface area contributed by atoms with Crippen molar-refractivity contribution >= 4 is 28.3 Å². The lowest BCUT2D eigenvalue weighted by Gasteiger charge is -2.33. The first-order chi connectivity index (χ1) is 9.28. The Hall–Kier alpha value is -1.39. The molecule has 1 aromatic heterocycles. The topological polar surface area (TPSA) is 38.2 Å². The molecule has 0 N–H and O–H groups in total. The molecule has 1 aliphatic heterocycles. The average molecular weight is 278 g/mol. The zero-order valence-electron chi connectivity index (χ0n) is 10.8. The number of fused-ring (bicyclic) bond motifs is 1. The summed E-state index contributed by atoms with van der Waals surface area (Å²) < 4.78 is 5.70. The maximum Gasteiger partial charge on any atom is 0.224 e. The summed E-state index contributed by atoms with van der Waals surface area (Å²) in [6.07, 6.45) is 1.27. The average Bonchev–Trinajstić information content (AvgIpc) is 2.46. The summed E-state index contributed by atoms with van der Waals surface area (Å²) in [6.45, 7) is 4.56. The molecule has 1 saturated heterocycles. The van der Waals surface area contributed by atoms with Crippen molar-refractivity contribution < 1.29 is 4.74 Å². The fourth-order valence-electron chi connectivity index (χ4n) is 2.43. The molecule has 1 atom stereocenters. The number of hydrogen-bond donors (Lipinski definition) is 0. The fourth-order valence-corrected chi connectivity index (χ4v) is 2.60. The summed E-state index contributed by atoms with van der Waals surface area (Å²) in [5.41, 5.74) is 0.886. The van der Waals surface area contributed by atoms with E-state index in [0.29, 0.717) is 5.28 Å². The highest BCUT2D eigenvalue weighted by atomic mass is 35.5. The molecule has 1 aliphatic rings. The largest absolute Gasteiger partial charge is 0.375 e. The van der Waals surface area contributed by atoms with E-state index in [-0.39, 0.29) is 6.10 Å². The summed E-state index contributed by atoms with van der Waals surface area (Å²) in [7, 11) is 0. The molecule has 0 saturated carbocycles. The van der Waals surface area contributed by atoms with Crippen molar-refractivity contribution in [2.75, 3.05) is 24.6 Å². The van der Waals surface area contributed by atoms with Crippen LogP contribution < -0.4 is 4.90 Å². The van der Waals surface area contributed by atoms with Gasteiger partial charge >= 0.3 is 0 Å². The first kappa shape index (κ1) is 12.6. The number of rotatable bonds is 2. The number of aromatic nitrogens is 2. The van der Waals surface area contributed by atoms with E-state index >= 15 is 0 Å². The van der Waals surface area contributed by atoms with Crippen molar-refractivity contribution in [3.63, 3.8) is 0 Å². The van der Waals surface area contributed by atoms with E-state index < -0.39 is 0 Å². The third-order valence-corrected chi connectivity index (χ3v) is 3.62. The number of ether oxygens (including phenoxy) is 1. The van der Waals surface area contributed by atoms with Gasteiger partial charge in [-0.25, -0.2) is 4.98 Å². The van der Waals surface area contributed by atoms with Crippen LogP contribution in [0.3, 0.4) is 0 Å². The van der Waals surface area contributed by atoms with Crippen LogP contribution in [-0.4, -0.2) is 35.8 Å². The molecular weight excluding hydrogens is 262 g/mol. The Kier molecular flexibility index (Phi) is 3.53. The van der Waals surface area contributed by atoms with E-state index in [4.69, 9.17) is 16.3 Å². The highest BCUT2D eigenvalue weighted by Gasteiger charge is 2.22. The van der Waals surface area contributed by atoms with Crippen LogP contribution in [0.4, 0.5) is 5.82 Å². The Morgan fingerprint density at radius 1 is 1.37 bits per heavy atom. The van der Waals surface area contributed by atoms with E-state index in [1.54, 1.807) is 0 Å². The maximum absolute atomic E-state index is 6.03. The van der Waals surface area contributed by atoms with Gasteiger partial charge in [-0.1, -0.05) is 19.1 Å². The molecule has 2 heterocycles. The Morgan fingerprint density at radius 3 is 3.05 bits per heavy atom. The zero-order chi connectivity index (χ0) is 13.2. The number of morpholine rings is 1. The van der Waals surface area contributed by atoms with Crippen molar-refractivity contribution in [1.29, 1.82) is 0 Å². The summed E-state index contributed by atoms with van der Waals surface area (Å²) in [4.78, 5) is 10.9. The van der Waals surface area contributed by atoms with Crippen LogP contribution >= 0.6 is 11.6 Å². The van der Waals surface area contributed by atoms with Crippen LogP contribution in [0.15, 0.2) is 24.3 Å². The van der Waals surface area contributed by atoms with E-state index in [2.05, 4.69) is 21.8 Å². The van der Waals surface area contributed by atoms with Gasteiger partial charge < -0.3 is 9.64 Å². The minimum Gasteiger partial charge on any atom is -0.375 e. The van der Waals surface area contributed by atoms with Gasteiger partial charge in [0.25, 0.3) is 0 Å². The summed E-state index contributed by atoms with van der Waals surface area (Å²) >= 11 is 6.03. The van der Waals surface area contributed by atoms with Crippen molar-refractivity contribution in [3.05, 3.63) is 29.5 Å². The van der Waals surface area contributed by atoms with E-state index in [1.165, 1.54) is 0 Å². The Morgan fingerprint density at radius 2 is 2.21 bits per heavy atom. The quantitative estimate of drug-likeness (QED) is 0.791. The van der Waals surface area contributed by atoms with Gasteiger partial charge in [-0.2, -0.15) is 4.98 Å². The lowest BCUT2D eigenvalue weighted by molar-refractivity contribution is 0.0382. The van der Waals surface area contributed by atoms with Crippen molar-refractivity contribution in [1.82, 2.24) is 9.97 Å². The second-order valence-corrected chi connectivity index (χ2v) is 5.02. The molecule has 4 nitrogen and oxygen atoms in total. The van der Waals surface area contributed by atoms with Gasteiger partial charge in [0.2, 0.25) is 5.28 Å². The molecule has 0 amide bonds. The second-order valence-electron chi connectivity index (χ2n) is 4.68. The van der Waals surface area contributed by atoms with Gasteiger partial charge in [0.1, 0.15) is 5.82 Å². The van der Waals surface area contributed by atoms with E-state index in [1.807, 2.05) is 24.3 Å². The van der Waals surface area contributed by atoms with Crippen LogP contribution in [0.1, 0.15) is 13.3 Å². The predicted octanol–water partition coefficient (Wildman–Crippen LogP) is 2.90. The fraction of sp³-hybridized carbons (Fsp3) is 0.429. The molecule has 0 radical (unpaired) electrons. The number of para-hydroxylation sites is 1. The Balaban J connectivity index is 2.03. The third kappa shape index (κ3) is 2.51. The highest BCUT2D eigenvalue weighted by molar-refractivity contribution is 6.28. The second kappa shape index (κ2) is 5.31. The van der Waals surface area contributed by atoms with E-state index in [0.717, 1.165) is 42.8 Å². The number of hydrogen-bond acceptors (Lipinski definition) is 4. The van der Waals surface area contributed by atoms with Crippen LogP contribution in [0.25, 0.3) is 10.9 Å². The van der Waals surface area contributed by atoms with Gasteiger partial charge in [-0.3, -0.25) is 0 Å². The van der Waals surface area contributed by atoms with Crippen molar-refractivity contribution in [2.45, 2.75) is 19.4 Å². The lowest BCUT2D eigenvalue weighted by atomic mass is 10.2. The monoisotopic (exact) mass is 277 g/mol. The zero-order valence-corrected chi connectivity index (χ0v) is 11.6. The molecule has 1 aromatic carbocycles. The van der Waals surface area contributed by atoms with Crippen molar-refractivity contribution in [3.8, 4) is 0 Å². The molecule has 5 heteroatoms. The summed E-state index contributed by atoms with van der Waals surface area (Å²) in [6, 6.07) is 7.96. The highest BCUT2D eigenvalue weighted by Crippen LogP contribution is 2.26. The molecule has 0 bridgehead atoms. The molecule has 2 aromatic rings. The molecule has 100 valence electrons. The molecule has 3 rings (SSSR count). The van der Waals surface area contributed by atoms with Gasteiger partial charge in [-0.15, -0.1) is 0 Å². The summed E-state index contributed by atoms with van der Waals surface area (Å²) in [5, 5.41) is 1.34. The molecule has 0 aliphatic carbocycles. The van der Waals surface area contributed by atoms with Gasteiger partial charge in [0, 0.05) is 18.5 Å².